The van der Waals surface area contributed by atoms with Crippen molar-refractivity contribution in [2.75, 3.05) is 7.11 Å². The van der Waals surface area contributed by atoms with E-state index in [1.165, 1.54) is 96.7 Å². The van der Waals surface area contributed by atoms with Crippen LogP contribution in [-0.2, 0) is 9.53 Å². The number of allylic oxidation sites excluding steroid dienone is 5. The molecule has 0 atom stereocenters. The van der Waals surface area contributed by atoms with E-state index < -0.39 is 0 Å². The molecule has 0 bridgehead atoms. The molecule has 0 aliphatic rings. The zero-order valence-electron chi connectivity index (χ0n) is 16.7. The fraction of sp³-hybridized carbons (Fsp3) is 0.696. The maximum atomic E-state index is 10.8. The van der Waals surface area contributed by atoms with Crippen molar-refractivity contribution >= 4 is 5.97 Å². The number of esters is 1. The summed E-state index contributed by atoms with van der Waals surface area (Å²) in [5, 5.41) is 0. The molecule has 0 fully saturated rings. The summed E-state index contributed by atoms with van der Waals surface area (Å²) in [6.07, 6.45) is 30.5. The van der Waals surface area contributed by atoms with Gasteiger partial charge in [0, 0.05) is 6.08 Å². The van der Waals surface area contributed by atoms with Crippen LogP contribution in [-0.4, -0.2) is 13.1 Å². The van der Waals surface area contributed by atoms with Gasteiger partial charge in [0.1, 0.15) is 0 Å². The number of methoxy groups -OCH3 is 1. The molecule has 0 saturated heterocycles. The predicted molar refractivity (Wildman–Crippen MR) is 110 cm³/mol. The van der Waals surface area contributed by atoms with Gasteiger partial charge in [-0.1, -0.05) is 95.1 Å². The van der Waals surface area contributed by atoms with Crippen LogP contribution in [0.5, 0.6) is 0 Å². The smallest absolute Gasteiger partial charge is 0.330 e. The van der Waals surface area contributed by atoms with E-state index >= 15 is 0 Å². The number of carbonyl (C=O) groups is 1. The first-order chi connectivity index (χ1) is 12.3. The van der Waals surface area contributed by atoms with E-state index in [0.717, 1.165) is 6.42 Å². The van der Waals surface area contributed by atoms with Gasteiger partial charge in [-0.3, -0.25) is 0 Å². The van der Waals surface area contributed by atoms with Crippen LogP contribution in [0.1, 0.15) is 96.8 Å². The van der Waals surface area contributed by atoms with Crippen molar-refractivity contribution in [3.63, 3.8) is 0 Å². The Kier molecular flexibility index (Phi) is 19.6. The number of rotatable bonds is 17. The van der Waals surface area contributed by atoms with Gasteiger partial charge >= 0.3 is 5.97 Å². The molecular formula is C23H40O2. The molecule has 144 valence electrons. The highest BCUT2D eigenvalue weighted by atomic mass is 16.5. The molecule has 0 aliphatic carbocycles. The van der Waals surface area contributed by atoms with Gasteiger partial charge in [0.25, 0.3) is 0 Å². The molecule has 0 amide bonds. The first-order valence-corrected chi connectivity index (χ1v) is 10.4. The molecule has 2 nitrogen and oxygen atoms in total. The summed E-state index contributed by atoms with van der Waals surface area (Å²) in [6, 6.07) is 0. The number of ether oxygens (including phenoxy) is 1. The zero-order chi connectivity index (χ0) is 18.4. The minimum atomic E-state index is -0.297. The normalized spacial score (nSPS) is 11.9. The second kappa shape index (κ2) is 20.7. The van der Waals surface area contributed by atoms with E-state index in [2.05, 4.69) is 29.9 Å². The molecule has 0 aromatic heterocycles. The molecule has 0 spiro atoms. The van der Waals surface area contributed by atoms with E-state index in [1.54, 1.807) is 6.08 Å². The number of unbranched alkanes of at least 4 members (excludes halogenated alkanes) is 12. The maximum Gasteiger partial charge on any atom is 0.330 e. The third-order valence-corrected chi connectivity index (χ3v) is 4.32. The van der Waals surface area contributed by atoms with Gasteiger partial charge in [0.05, 0.1) is 7.11 Å². The van der Waals surface area contributed by atoms with Crippen molar-refractivity contribution in [1.82, 2.24) is 0 Å². The number of carbonyl (C=O) groups excluding carboxylic acids is 1. The highest BCUT2D eigenvalue weighted by Crippen LogP contribution is 2.12. The molecule has 0 N–H and O–H groups in total. The van der Waals surface area contributed by atoms with E-state index in [4.69, 9.17) is 0 Å². The Balaban J connectivity index is 3.16. The van der Waals surface area contributed by atoms with Crippen LogP contribution in [0.3, 0.4) is 0 Å². The van der Waals surface area contributed by atoms with Crippen molar-refractivity contribution < 1.29 is 9.53 Å². The Morgan fingerprint density at radius 2 is 1.16 bits per heavy atom. The van der Waals surface area contributed by atoms with E-state index in [1.807, 2.05) is 6.08 Å². The highest BCUT2D eigenvalue weighted by molar-refractivity contribution is 5.82. The largest absolute Gasteiger partial charge is 0.466 e. The van der Waals surface area contributed by atoms with Crippen LogP contribution in [0.4, 0.5) is 0 Å². The first-order valence-electron chi connectivity index (χ1n) is 10.4. The second-order valence-electron chi connectivity index (χ2n) is 6.66. The summed E-state index contributed by atoms with van der Waals surface area (Å²) in [5.41, 5.74) is 0. The summed E-state index contributed by atoms with van der Waals surface area (Å²) in [7, 11) is 1.39. The molecule has 0 heterocycles. The van der Waals surface area contributed by atoms with Crippen LogP contribution in [0.15, 0.2) is 36.5 Å². The zero-order valence-corrected chi connectivity index (χ0v) is 16.7. The van der Waals surface area contributed by atoms with Gasteiger partial charge < -0.3 is 4.74 Å². The molecule has 0 aromatic carbocycles. The van der Waals surface area contributed by atoms with Gasteiger partial charge in [0.2, 0.25) is 0 Å². The summed E-state index contributed by atoms with van der Waals surface area (Å²) < 4.78 is 4.53. The van der Waals surface area contributed by atoms with Crippen LogP contribution in [0.25, 0.3) is 0 Å². The second-order valence-corrected chi connectivity index (χ2v) is 6.66. The first kappa shape index (κ1) is 23.7. The van der Waals surface area contributed by atoms with Crippen molar-refractivity contribution in [2.45, 2.75) is 96.8 Å². The maximum absolute atomic E-state index is 10.8. The van der Waals surface area contributed by atoms with Crippen LogP contribution < -0.4 is 0 Å². The SMILES string of the molecule is CCC=CCCCCCCCCCCCCCC=CC=CC(=O)OC. The molecule has 0 aliphatic heterocycles. The average Bonchev–Trinajstić information content (AvgIpc) is 2.63. The molecule has 0 aromatic rings. The number of hydrogen-bond acceptors (Lipinski definition) is 2. The van der Waals surface area contributed by atoms with Crippen molar-refractivity contribution in [1.29, 1.82) is 0 Å². The Morgan fingerprint density at radius 1 is 0.680 bits per heavy atom. The predicted octanol–water partition coefficient (Wildman–Crippen LogP) is 7.31. The van der Waals surface area contributed by atoms with Gasteiger partial charge in [0.15, 0.2) is 0 Å². The van der Waals surface area contributed by atoms with E-state index in [9.17, 15) is 4.79 Å². The monoisotopic (exact) mass is 348 g/mol. The molecule has 0 unspecified atom stereocenters. The van der Waals surface area contributed by atoms with Gasteiger partial charge in [-0.2, -0.15) is 0 Å². The minimum Gasteiger partial charge on any atom is -0.466 e. The highest BCUT2D eigenvalue weighted by Gasteiger charge is 1.93. The van der Waals surface area contributed by atoms with Gasteiger partial charge in [-0.15, -0.1) is 0 Å². The summed E-state index contributed by atoms with van der Waals surface area (Å²) in [5.74, 6) is -0.297. The van der Waals surface area contributed by atoms with Crippen molar-refractivity contribution in [3.8, 4) is 0 Å². The molecule has 0 radical (unpaired) electrons. The third kappa shape index (κ3) is 20.6. The average molecular weight is 349 g/mol. The third-order valence-electron chi connectivity index (χ3n) is 4.32. The van der Waals surface area contributed by atoms with Crippen molar-refractivity contribution in [3.05, 3.63) is 36.5 Å². The Labute approximate surface area is 156 Å². The molecule has 25 heavy (non-hydrogen) atoms. The van der Waals surface area contributed by atoms with Gasteiger partial charge in [-0.05, 0) is 32.1 Å². The summed E-state index contributed by atoms with van der Waals surface area (Å²) in [6.45, 7) is 2.20. The molecule has 0 saturated carbocycles. The van der Waals surface area contributed by atoms with Crippen molar-refractivity contribution in [2.24, 2.45) is 0 Å². The standard InChI is InChI=1S/C23H40O2/c1-3-4-5-6-7-8-9-10-11-12-13-14-15-16-17-18-19-20-21-22-23(24)25-2/h4-5,19-22H,3,6-18H2,1-2H3. The fourth-order valence-electron chi connectivity index (χ4n) is 2.78. The molecule has 2 heteroatoms. The molecular weight excluding hydrogens is 308 g/mol. The topological polar surface area (TPSA) is 26.3 Å². The van der Waals surface area contributed by atoms with Crippen LogP contribution >= 0.6 is 0 Å². The van der Waals surface area contributed by atoms with E-state index in [-0.39, 0.29) is 5.97 Å². The van der Waals surface area contributed by atoms with Gasteiger partial charge in [-0.25, -0.2) is 4.79 Å². The summed E-state index contributed by atoms with van der Waals surface area (Å²) in [4.78, 5) is 10.8. The van der Waals surface area contributed by atoms with Crippen LogP contribution in [0.2, 0.25) is 0 Å². The minimum absolute atomic E-state index is 0.297. The lowest BCUT2D eigenvalue weighted by molar-refractivity contribution is -0.134. The number of hydrogen-bond donors (Lipinski definition) is 0. The molecule has 0 rings (SSSR count). The Hall–Kier alpha value is -1.31. The van der Waals surface area contributed by atoms with Crippen LogP contribution in [0, 0.1) is 0 Å². The van der Waals surface area contributed by atoms with E-state index in [0.29, 0.717) is 0 Å². The lowest BCUT2D eigenvalue weighted by Gasteiger charge is -2.02. The fourth-order valence-corrected chi connectivity index (χ4v) is 2.78. The summed E-state index contributed by atoms with van der Waals surface area (Å²) >= 11 is 0. The lowest BCUT2D eigenvalue weighted by atomic mass is 10.0. The quantitative estimate of drug-likeness (QED) is 0.0905. The Bertz CT molecular complexity index is 366. The lowest BCUT2D eigenvalue weighted by Crippen LogP contribution is -1.92. The Morgan fingerprint density at radius 3 is 1.64 bits per heavy atom.